The molecular weight excluding hydrogens is 464 g/mol. The molecule has 3 N–H and O–H groups in total. The van der Waals surface area contributed by atoms with Crippen molar-refractivity contribution < 1.29 is 33.6 Å². The zero-order valence-corrected chi connectivity index (χ0v) is 19.9. The van der Waals surface area contributed by atoms with Crippen molar-refractivity contribution >= 4 is 17.5 Å². The SMILES string of the molecule is O=C(C[C@H]1C[C@@H]2c3cc(NC(=O)CC4CC4)ccc3O[C@@H]2[C@H](CO)O1)NCc1ccc2c(c1)OCO2. The summed E-state index contributed by atoms with van der Waals surface area (Å²) in [4.78, 5) is 25.0. The molecule has 0 aromatic heterocycles. The number of rotatable bonds is 8. The minimum Gasteiger partial charge on any atom is -0.487 e. The standard InChI is InChI=1S/C27H30N2O7/c30-13-24-27-20(19-9-17(4-6-21(19)36-27)29-26(32)8-15-1-2-15)10-18(35-24)11-25(31)28-12-16-3-5-22-23(7-16)34-14-33-22/h3-7,9,15,18,20,24,27,30H,1-2,8,10-14H2,(H,28,31)(H,29,32)/t18-,20-,24+,27+/m1/s1. The average Bonchev–Trinajstić information content (AvgIpc) is 3.42. The van der Waals surface area contributed by atoms with Crippen molar-refractivity contribution in [3.05, 3.63) is 47.5 Å². The minimum absolute atomic E-state index is 0.0298. The Hall–Kier alpha value is -3.30. The Morgan fingerprint density at radius 3 is 2.64 bits per heavy atom. The van der Waals surface area contributed by atoms with Crippen LogP contribution in [-0.2, 0) is 20.9 Å². The molecule has 6 rings (SSSR count). The molecule has 2 aromatic carbocycles. The Morgan fingerprint density at radius 2 is 1.81 bits per heavy atom. The Bertz CT molecular complexity index is 1160. The summed E-state index contributed by atoms with van der Waals surface area (Å²) in [6.07, 6.45) is 2.37. The lowest BCUT2D eigenvalue weighted by Crippen LogP contribution is -2.47. The van der Waals surface area contributed by atoms with Gasteiger partial charge in [0.25, 0.3) is 0 Å². The largest absolute Gasteiger partial charge is 0.487 e. The number of aliphatic hydroxyl groups excluding tert-OH is 1. The van der Waals surface area contributed by atoms with E-state index >= 15 is 0 Å². The van der Waals surface area contributed by atoms with Crippen LogP contribution in [0.5, 0.6) is 17.2 Å². The maximum Gasteiger partial charge on any atom is 0.231 e. The van der Waals surface area contributed by atoms with Crippen LogP contribution in [0.1, 0.15) is 49.1 Å². The molecule has 0 radical (unpaired) electrons. The van der Waals surface area contributed by atoms with Gasteiger partial charge in [0.15, 0.2) is 11.5 Å². The summed E-state index contributed by atoms with van der Waals surface area (Å²) in [6, 6.07) is 11.3. The molecular formula is C27H30N2O7. The van der Waals surface area contributed by atoms with E-state index in [1.807, 2.05) is 36.4 Å². The highest BCUT2D eigenvalue weighted by Crippen LogP contribution is 2.47. The maximum absolute atomic E-state index is 12.7. The van der Waals surface area contributed by atoms with E-state index in [1.165, 1.54) is 0 Å². The van der Waals surface area contributed by atoms with Crippen molar-refractivity contribution in [2.45, 2.75) is 62.9 Å². The molecule has 1 aliphatic carbocycles. The lowest BCUT2D eigenvalue weighted by molar-refractivity contribution is -0.142. The summed E-state index contributed by atoms with van der Waals surface area (Å²) in [7, 11) is 0. The number of benzene rings is 2. The van der Waals surface area contributed by atoms with Crippen molar-refractivity contribution in [1.29, 1.82) is 0 Å². The van der Waals surface area contributed by atoms with Gasteiger partial charge in [-0.15, -0.1) is 0 Å². The smallest absolute Gasteiger partial charge is 0.231 e. The number of nitrogens with one attached hydrogen (secondary N) is 2. The molecule has 2 amide bonds. The second kappa shape index (κ2) is 9.63. The molecule has 0 spiro atoms. The number of hydrogen-bond donors (Lipinski definition) is 3. The fourth-order valence-corrected chi connectivity index (χ4v) is 5.29. The molecule has 9 nitrogen and oxygen atoms in total. The first kappa shape index (κ1) is 23.1. The highest BCUT2D eigenvalue weighted by atomic mass is 16.7. The number of anilines is 1. The Labute approximate surface area is 209 Å². The van der Waals surface area contributed by atoms with Gasteiger partial charge in [0.05, 0.1) is 19.1 Å². The molecule has 1 saturated heterocycles. The van der Waals surface area contributed by atoms with Crippen LogP contribution >= 0.6 is 0 Å². The normalized spacial score (nSPS) is 25.5. The van der Waals surface area contributed by atoms with Gasteiger partial charge in [0, 0.05) is 30.1 Å². The third kappa shape index (κ3) is 4.85. The fourth-order valence-electron chi connectivity index (χ4n) is 5.29. The first-order chi connectivity index (χ1) is 17.6. The highest BCUT2D eigenvalue weighted by Gasteiger charge is 2.46. The third-order valence-corrected chi connectivity index (χ3v) is 7.29. The number of ether oxygens (including phenoxy) is 4. The van der Waals surface area contributed by atoms with E-state index in [0.29, 0.717) is 36.8 Å². The van der Waals surface area contributed by atoms with Gasteiger partial charge < -0.3 is 34.7 Å². The van der Waals surface area contributed by atoms with Gasteiger partial charge >= 0.3 is 0 Å². The molecule has 4 aliphatic rings. The van der Waals surface area contributed by atoms with Gasteiger partial charge in [-0.3, -0.25) is 9.59 Å². The molecule has 0 bridgehead atoms. The average molecular weight is 495 g/mol. The summed E-state index contributed by atoms with van der Waals surface area (Å²) in [5, 5.41) is 15.9. The van der Waals surface area contributed by atoms with Crippen LogP contribution in [0.15, 0.2) is 36.4 Å². The summed E-state index contributed by atoms with van der Waals surface area (Å²) < 4.78 is 22.9. The van der Waals surface area contributed by atoms with E-state index in [9.17, 15) is 14.7 Å². The van der Waals surface area contributed by atoms with Crippen LogP contribution in [0.3, 0.4) is 0 Å². The van der Waals surface area contributed by atoms with Gasteiger partial charge in [-0.25, -0.2) is 0 Å². The topological polar surface area (TPSA) is 115 Å². The number of hydrogen-bond acceptors (Lipinski definition) is 7. The van der Waals surface area contributed by atoms with E-state index in [2.05, 4.69) is 10.6 Å². The van der Waals surface area contributed by atoms with E-state index in [0.717, 1.165) is 35.4 Å². The van der Waals surface area contributed by atoms with Gasteiger partial charge in [-0.1, -0.05) is 6.07 Å². The number of carbonyl (C=O) groups excluding carboxylic acids is 2. The Kier molecular flexibility index (Phi) is 6.18. The van der Waals surface area contributed by atoms with Crippen molar-refractivity contribution in [1.82, 2.24) is 5.32 Å². The van der Waals surface area contributed by atoms with E-state index < -0.39 is 6.10 Å². The van der Waals surface area contributed by atoms with Crippen LogP contribution in [0.4, 0.5) is 5.69 Å². The van der Waals surface area contributed by atoms with Crippen LogP contribution in [0.2, 0.25) is 0 Å². The number of carbonyl (C=O) groups is 2. The van der Waals surface area contributed by atoms with E-state index in [-0.39, 0.29) is 49.8 Å². The van der Waals surface area contributed by atoms with E-state index in [1.54, 1.807) is 0 Å². The zero-order valence-electron chi connectivity index (χ0n) is 19.9. The van der Waals surface area contributed by atoms with Gasteiger partial charge in [-0.2, -0.15) is 0 Å². The Morgan fingerprint density at radius 1 is 0.972 bits per heavy atom. The van der Waals surface area contributed by atoms with Crippen LogP contribution in [-0.4, -0.2) is 48.6 Å². The fraction of sp³-hybridized carbons (Fsp3) is 0.481. The summed E-state index contributed by atoms with van der Waals surface area (Å²) in [5.41, 5.74) is 2.64. The van der Waals surface area contributed by atoms with Gasteiger partial charge in [0.1, 0.15) is 18.0 Å². The lowest BCUT2D eigenvalue weighted by atomic mass is 9.84. The minimum atomic E-state index is -0.532. The predicted octanol–water partition coefficient (Wildman–Crippen LogP) is 2.85. The first-order valence-corrected chi connectivity index (χ1v) is 12.6. The molecule has 3 heterocycles. The summed E-state index contributed by atoms with van der Waals surface area (Å²) in [5.74, 6) is 2.51. The quantitative estimate of drug-likeness (QED) is 0.517. The summed E-state index contributed by atoms with van der Waals surface area (Å²) >= 11 is 0. The number of aliphatic hydroxyl groups is 1. The monoisotopic (exact) mass is 494 g/mol. The number of amides is 2. The second-order valence-corrected chi connectivity index (χ2v) is 10.0. The van der Waals surface area contributed by atoms with Crippen molar-refractivity contribution in [3.63, 3.8) is 0 Å². The van der Waals surface area contributed by atoms with Crippen LogP contribution in [0.25, 0.3) is 0 Å². The molecule has 36 heavy (non-hydrogen) atoms. The van der Waals surface area contributed by atoms with Crippen LogP contribution in [0, 0.1) is 5.92 Å². The second-order valence-electron chi connectivity index (χ2n) is 10.0. The molecule has 3 aliphatic heterocycles. The highest BCUT2D eigenvalue weighted by molar-refractivity contribution is 5.91. The molecule has 1 saturated carbocycles. The third-order valence-electron chi connectivity index (χ3n) is 7.29. The molecule has 2 aromatic rings. The first-order valence-electron chi connectivity index (χ1n) is 12.6. The molecule has 0 unspecified atom stereocenters. The Balaban J connectivity index is 1.09. The molecule has 2 fully saturated rings. The van der Waals surface area contributed by atoms with Gasteiger partial charge in [0.2, 0.25) is 18.6 Å². The molecule has 190 valence electrons. The van der Waals surface area contributed by atoms with Gasteiger partial charge in [-0.05, 0) is 61.1 Å². The maximum atomic E-state index is 12.7. The molecule has 9 heteroatoms. The van der Waals surface area contributed by atoms with Crippen molar-refractivity contribution in [3.8, 4) is 17.2 Å². The van der Waals surface area contributed by atoms with Crippen molar-refractivity contribution in [2.75, 3.05) is 18.7 Å². The zero-order chi connectivity index (χ0) is 24.6. The van der Waals surface area contributed by atoms with Crippen molar-refractivity contribution in [2.24, 2.45) is 5.92 Å². The summed E-state index contributed by atoms with van der Waals surface area (Å²) in [6.45, 7) is 0.377. The lowest BCUT2D eigenvalue weighted by Gasteiger charge is -2.37. The number of fused-ring (bicyclic) bond motifs is 4. The predicted molar refractivity (Wildman–Crippen MR) is 129 cm³/mol. The molecule has 4 atom stereocenters. The van der Waals surface area contributed by atoms with Crippen LogP contribution < -0.4 is 24.8 Å². The van der Waals surface area contributed by atoms with E-state index in [4.69, 9.17) is 18.9 Å².